The summed E-state index contributed by atoms with van der Waals surface area (Å²) in [5, 5.41) is 0.221. The average Bonchev–Trinajstić information content (AvgIpc) is 2.37. The van der Waals surface area contributed by atoms with Crippen LogP contribution in [-0.2, 0) is 4.74 Å². The van der Waals surface area contributed by atoms with Crippen molar-refractivity contribution in [2.45, 2.75) is 26.3 Å². The molecule has 1 aromatic heterocycles. The van der Waals surface area contributed by atoms with E-state index >= 15 is 0 Å². The molecule has 0 aliphatic rings. The molecule has 0 bridgehead atoms. The van der Waals surface area contributed by atoms with Crippen LogP contribution in [0.5, 0.6) is 0 Å². The number of carbonyl (C=O) groups is 1. The molecule has 6 heteroatoms. The minimum atomic E-state index is -0.109. The van der Waals surface area contributed by atoms with Gasteiger partial charge in [-0.2, -0.15) is 0 Å². The Morgan fingerprint density at radius 3 is 2.79 bits per heavy atom. The van der Waals surface area contributed by atoms with Crippen LogP contribution in [0.15, 0.2) is 12.1 Å². The molecule has 106 valence electrons. The lowest BCUT2D eigenvalue weighted by molar-refractivity contribution is 0.0614. The van der Waals surface area contributed by atoms with Crippen LogP contribution in [0, 0.1) is 0 Å². The summed E-state index contributed by atoms with van der Waals surface area (Å²) in [5.41, 5.74) is 6.07. The number of nitrogens with zero attached hydrogens (tertiary/aromatic N) is 2. The first-order valence-electron chi connectivity index (χ1n) is 6.22. The molecule has 5 nitrogen and oxygen atoms in total. The molecule has 0 aromatic carbocycles. The highest BCUT2D eigenvalue weighted by molar-refractivity contribution is 6.29. The standard InChI is InChI=1S/C13H20ClN3O2/c1-4-9(2)17(5-6-19-3)13(18)10-7-11(14)16-12(15)8-10/h7-9H,4-6H2,1-3H3,(H2,15,16). The van der Waals surface area contributed by atoms with E-state index in [4.69, 9.17) is 22.1 Å². The van der Waals surface area contributed by atoms with Crippen molar-refractivity contribution in [3.8, 4) is 0 Å². The zero-order valence-corrected chi connectivity index (χ0v) is 12.3. The van der Waals surface area contributed by atoms with E-state index in [2.05, 4.69) is 4.98 Å². The zero-order valence-electron chi connectivity index (χ0n) is 11.5. The monoisotopic (exact) mass is 285 g/mol. The Hall–Kier alpha value is -1.33. The normalized spacial score (nSPS) is 12.2. The van der Waals surface area contributed by atoms with E-state index in [1.54, 1.807) is 12.0 Å². The number of amides is 1. The highest BCUT2D eigenvalue weighted by atomic mass is 35.5. The summed E-state index contributed by atoms with van der Waals surface area (Å²) in [6.07, 6.45) is 0.865. The van der Waals surface area contributed by atoms with Crippen molar-refractivity contribution in [1.29, 1.82) is 0 Å². The molecule has 0 saturated heterocycles. The third kappa shape index (κ3) is 4.36. The highest BCUT2D eigenvalue weighted by Gasteiger charge is 2.21. The van der Waals surface area contributed by atoms with Crippen molar-refractivity contribution >= 4 is 23.3 Å². The van der Waals surface area contributed by atoms with Gasteiger partial charge < -0.3 is 15.4 Å². The van der Waals surface area contributed by atoms with Crippen LogP contribution in [0.4, 0.5) is 5.82 Å². The molecule has 1 rings (SSSR count). The average molecular weight is 286 g/mol. The van der Waals surface area contributed by atoms with E-state index in [9.17, 15) is 4.79 Å². The number of hydrogen-bond acceptors (Lipinski definition) is 4. The van der Waals surface area contributed by atoms with Gasteiger partial charge in [0.25, 0.3) is 5.91 Å². The molecule has 1 aromatic rings. The van der Waals surface area contributed by atoms with Crippen LogP contribution < -0.4 is 5.73 Å². The largest absolute Gasteiger partial charge is 0.384 e. The van der Waals surface area contributed by atoms with Crippen LogP contribution in [0.3, 0.4) is 0 Å². The van der Waals surface area contributed by atoms with Gasteiger partial charge in [0.05, 0.1) is 6.61 Å². The molecule has 1 amide bonds. The van der Waals surface area contributed by atoms with Crippen molar-refractivity contribution in [1.82, 2.24) is 9.88 Å². The molecule has 19 heavy (non-hydrogen) atoms. The fourth-order valence-electron chi connectivity index (χ4n) is 1.74. The number of carbonyl (C=O) groups excluding carboxylic acids is 1. The maximum absolute atomic E-state index is 12.5. The van der Waals surface area contributed by atoms with Gasteiger partial charge in [-0.15, -0.1) is 0 Å². The molecule has 2 N–H and O–H groups in total. The van der Waals surface area contributed by atoms with Crippen molar-refractivity contribution in [2.75, 3.05) is 26.0 Å². The Morgan fingerprint density at radius 1 is 1.58 bits per heavy atom. The van der Waals surface area contributed by atoms with Gasteiger partial charge in [-0.25, -0.2) is 4.98 Å². The summed E-state index contributed by atoms with van der Waals surface area (Å²) >= 11 is 5.83. The molecular weight excluding hydrogens is 266 g/mol. The molecule has 0 spiro atoms. The molecule has 0 fully saturated rings. The van der Waals surface area contributed by atoms with Gasteiger partial charge in [0.2, 0.25) is 0 Å². The number of halogens is 1. The first kappa shape index (κ1) is 15.7. The second kappa shape index (κ2) is 7.31. The van der Waals surface area contributed by atoms with Gasteiger partial charge in [-0.3, -0.25) is 4.79 Å². The number of methoxy groups -OCH3 is 1. The summed E-state index contributed by atoms with van der Waals surface area (Å²) in [7, 11) is 1.61. The molecular formula is C13H20ClN3O2. The minimum Gasteiger partial charge on any atom is -0.384 e. The first-order chi connectivity index (χ1) is 8.99. The summed E-state index contributed by atoms with van der Waals surface area (Å²) in [6, 6.07) is 3.19. The van der Waals surface area contributed by atoms with Crippen molar-refractivity contribution in [3.05, 3.63) is 22.8 Å². The minimum absolute atomic E-state index is 0.109. The molecule has 0 saturated carbocycles. The Labute approximate surface area is 118 Å². The lowest BCUT2D eigenvalue weighted by Crippen LogP contribution is -2.40. The van der Waals surface area contributed by atoms with Gasteiger partial charge in [0, 0.05) is 25.3 Å². The second-order valence-corrected chi connectivity index (χ2v) is 4.74. The van der Waals surface area contributed by atoms with Crippen molar-refractivity contribution in [3.63, 3.8) is 0 Å². The quantitative estimate of drug-likeness (QED) is 0.814. The number of hydrogen-bond donors (Lipinski definition) is 1. The second-order valence-electron chi connectivity index (χ2n) is 4.35. The highest BCUT2D eigenvalue weighted by Crippen LogP contribution is 2.16. The number of pyridine rings is 1. The predicted molar refractivity (Wildman–Crippen MR) is 76.3 cm³/mol. The SMILES string of the molecule is CCC(C)N(CCOC)C(=O)c1cc(N)nc(Cl)c1. The summed E-state index contributed by atoms with van der Waals surface area (Å²) in [6.45, 7) is 5.06. The number of nitrogen functional groups attached to an aromatic ring is 1. The smallest absolute Gasteiger partial charge is 0.254 e. The van der Waals surface area contributed by atoms with Crippen LogP contribution in [0.25, 0.3) is 0 Å². The lowest BCUT2D eigenvalue weighted by atomic mass is 10.1. The Kier molecular flexibility index (Phi) is 6.05. The van der Waals surface area contributed by atoms with E-state index in [0.717, 1.165) is 6.42 Å². The van der Waals surface area contributed by atoms with Gasteiger partial charge in [-0.1, -0.05) is 18.5 Å². The van der Waals surface area contributed by atoms with Gasteiger partial charge in [0.15, 0.2) is 0 Å². The van der Waals surface area contributed by atoms with E-state index in [1.807, 2.05) is 13.8 Å². The number of rotatable bonds is 6. The van der Waals surface area contributed by atoms with Crippen LogP contribution in [-0.4, -0.2) is 42.1 Å². The third-order valence-corrected chi connectivity index (χ3v) is 3.17. The third-order valence-electron chi connectivity index (χ3n) is 2.98. The van der Waals surface area contributed by atoms with Crippen molar-refractivity contribution < 1.29 is 9.53 Å². The Balaban J connectivity index is 2.97. The fraction of sp³-hybridized carbons (Fsp3) is 0.538. The zero-order chi connectivity index (χ0) is 14.4. The number of anilines is 1. The fourth-order valence-corrected chi connectivity index (χ4v) is 1.95. The van der Waals surface area contributed by atoms with Crippen molar-refractivity contribution in [2.24, 2.45) is 0 Å². The Morgan fingerprint density at radius 2 is 2.26 bits per heavy atom. The van der Waals surface area contributed by atoms with Crippen LogP contribution in [0.2, 0.25) is 5.15 Å². The maximum Gasteiger partial charge on any atom is 0.254 e. The van der Waals surface area contributed by atoms with E-state index in [1.165, 1.54) is 12.1 Å². The van der Waals surface area contributed by atoms with E-state index < -0.39 is 0 Å². The first-order valence-corrected chi connectivity index (χ1v) is 6.60. The number of aromatic nitrogens is 1. The predicted octanol–water partition coefficient (Wildman–Crippen LogP) is 2.20. The van der Waals surface area contributed by atoms with Crippen LogP contribution in [0.1, 0.15) is 30.6 Å². The van der Waals surface area contributed by atoms with Gasteiger partial charge >= 0.3 is 0 Å². The summed E-state index contributed by atoms with van der Waals surface area (Å²) in [4.78, 5) is 18.1. The summed E-state index contributed by atoms with van der Waals surface area (Å²) < 4.78 is 5.04. The van der Waals surface area contributed by atoms with E-state index in [0.29, 0.717) is 18.7 Å². The molecule has 0 aliphatic carbocycles. The van der Waals surface area contributed by atoms with Gasteiger partial charge in [-0.05, 0) is 25.5 Å². The van der Waals surface area contributed by atoms with Gasteiger partial charge in [0.1, 0.15) is 11.0 Å². The molecule has 0 radical (unpaired) electrons. The maximum atomic E-state index is 12.5. The number of ether oxygens (including phenoxy) is 1. The molecule has 0 aliphatic heterocycles. The van der Waals surface area contributed by atoms with E-state index in [-0.39, 0.29) is 22.9 Å². The Bertz CT molecular complexity index is 420. The van der Waals surface area contributed by atoms with Crippen LogP contribution >= 0.6 is 11.6 Å². The topological polar surface area (TPSA) is 68.5 Å². The number of nitrogens with two attached hydrogens (primary N) is 1. The molecule has 1 atom stereocenters. The lowest BCUT2D eigenvalue weighted by Gasteiger charge is -2.28. The summed E-state index contributed by atoms with van der Waals surface area (Å²) in [5.74, 6) is 0.133. The molecule has 1 heterocycles. The molecule has 1 unspecified atom stereocenters.